The Balaban J connectivity index is 1.90. The highest BCUT2D eigenvalue weighted by atomic mass is 32.1. The number of carbonyl (C=O) groups is 1. The van der Waals surface area contributed by atoms with E-state index in [2.05, 4.69) is 53.6 Å². The van der Waals surface area contributed by atoms with Crippen LogP contribution in [0.4, 0.5) is 0 Å². The number of hydrogen-bond donors (Lipinski definition) is 1. The highest BCUT2D eigenvalue weighted by Crippen LogP contribution is 2.42. The number of nitrogens with zero attached hydrogens (tertiary/aromatic N) is 2. The number of thiophene rings is 1. The Bertz CT molecular complexity index is 494. The van der Waals surface area contributed by atoms with E-state index in [0.29, 0.717) is 5.91 Å². The molecule has 1 saturated carbocycles. The van der Waals surface area contributed by atoms with E-state index in [1.54, 1.807) is 11.3 Å². The van der Waals surface area contributed by atoms with Gasteiger partial charge in [0.2, 0.25) is 5.91 Å². The van der Waals surface area contributed by atoms with Gasteiger partial charge in [0.15, 0.2) is 0 Å². The molecule has 116 valence electrons. The molecule has 2 unspecified atom stereocenters. The summed E-state index contributed by atoms with van der Waals surface area (Å²) in [6.45, 7) is 3.06. The summed E-state index contributed by atoms with van der Waals surface area (Å²) in [7, 11) is 4.13. The molecule has 1 aliphatic heterocycles. The van der Waals surface area contributed by atoms with Crippen molar-refractivity contribution in [3.8, 4) is 0 Å². The Kier molecular flexibility index (Phi) is 4.08. The van der Waals surface area contributed by atoms with Crippen LogP contribution >= 0.6 is 11.3 Å². The number of amides is 1. The molecule has 1 N–H and O–H groups in total. The first kappa shape index (κ1) is 15.0. The minimum absolute atomic E-state index is 0.0468. The number of nitrogens with one attached hydrogen (secondary N) is 1. The van der Waals surface area contributed by atoms with Crippen molar-refractivity contribution in [3.05, 3.63) is 22.4 Å². The third kappa shape index (κ3) is 2.62. The third-order valence-electron chi connectivity index (χ3n) is 4.71. The van der Waals surface area contributed by atoms with Crippen LogP contribution in [-0.2, 0) is 4.79 Å². The van der Waals surface area contributed by atoms with Gasteiger partial charge in [0.05, 0.1) is 5.54 Å². The van der Waals surface area contributed by atoms with E-state index in [1.165, 1.54) is 4.88 Å². The Morgan fingerprint density at radius 2 is 2.19 bits per heavy atom. The van der Waals surface area contributed by atoms with Crippen molar-refractivity contribution in [1.82, 2.24) is 15.1 Å². The number of rotatable bonds is 4. The smallest absolute Gasteiger partial charge is 0.244 e. The molecule has 21 heavy (non-hydrogen) atoms. The van der Waals surface area contributed by atoms with Gasteiger partial charge in [0.1, 0.15) is 6.17 Å². The van der Waals surface area contributed by atoms with Crippen molar-refractivity contribution in [2.75, 3.05) is 20.6 Å². The van der Waals surface area contributed by atoms with Crippen molar-refractivity contribution in [1.29, 1.82) is 0 Å². The van der Waals surface area contributed by atoms with Crippen LogP contribution in [0.2, 0.25) is 0 Å². The molecule has 0 aromatic carbocycles. The molecule has 1 aromatic heterocycles. The van der Waals surface area contributed by atoms with Crippen molar-refractivity contribution in [2.45, 2.75) is 50.4 Å². The van der Waals surface area contributed by atoms with Gasteiger partial charge in [-0.3, -0.25) is 10.1 Å². The summed E-state index contributed by atoms with van der Waals surface area (Å²) in [6, 6.07) is 4.42. The van der Waals surface area contributed by atoms with Crippen LogP contribution in [0.1, 0.15) is 43.6 Å². The molecule has 1 aromatic rings. The lowest BCUT2D eigenvalue weighted by atomic mass is 9.97. The van der Waals surface area contributed by atoms with Crippen molar-refractivity contribution < 1.29 is 4.79 Å². The van der Waals surface area contributed by atoms with E-state index >= 15 is 0 Å². The molecule has 0 bridgehead atoms. The summed E-state index contributed by atoms with van der Waals surface area (Å²) in [4.78, 5) is 18.6. The van der Waals surface area contributed by atoms with Crippen LogP contribution in [-0.4, -0.2) is 47.9 Å². The van der Waals surface area contributed by atoms with Crippen LogP contribution in [0.15, 0.2) is 17.5 Å². The second kappa shape index (κ2) is 5.71. The van der Waals surface area contributed by atoms with E-state index in [-0.39, 0.29) is 17.7 Å². The normalized spacial score (nSPS) is 26.2. The summed E-state index contributed by atoms with van der Waals surface area (Å²) < 4.78 is 0. The fraction of sp³-hybridized carbons (Fsp3) is 0.688. The van der Waals surface area contributed by atoms with Crippen LogP contribution in [0.25, 0.3) is 0 Å². The monoisotopic (exact) mass is 307 g/mol. The van der Waals surface area contributed by atoms with Crippen LogP contribution in [0.3, 0.4) is 0 Å². The first-order valence-electron chi connectivity index (χ1n) is 7.82. The molecule has 1 aliphatic carbocycles. The second-order valence-corrected chi connectivity index (χ2v) is 7.65. The summed E-state index contributed by atoms with van der Waals surface area (Å²) >= 11 is 1.73. The Hall–Kier alpha value is -0.910. The average Bonchev–Trinajstić information content (AvgIpc) is 3.13. The van der Waals surface area contributed by atoms with Crippen molar-refractivity contribution >= 4 is 17.2 Å². The highest BCUT2D eigenvalue weighted by Gasteiger charge is 2.54. The molecule has 1 saturated heterocycles. The first-order valence-corrected chi connectivity index (χ1v) is 8.70. The van der Waals surface area contributed by atoms with Gasteiger partial charge in [-0.05, 0) is 45.3 Å². The van der Waals surface area contributed by atoms with Gasteiger partial charge in [-0.1, -0.05) is 18.9 Å². The molecule has 2 aliphatic rings. The lowest BCUT2D eigenvalue weighted by molar-refractivity contribution is -0.135. The predicted molar refractivity (Wildman–Crippen MR) is 86.3 cm³/mol. The standard InChI is InChI=1S/C16H25N3OS/c1-12(11-18(2)3)19-14(13-7-6-10-21-13)17-16(15(19)20)8-4-5-9-16/h6-7,10,12,14,17H,4-5,8-9,11H2,1-3H3. The zero-order valence-electron chi connectivity index (χ0n) is 13.1. The zero-order valence-corrected chi connectivity index (χ0v) is 13.9. The van der Waals surface area contributed by atoms with E-state index < -0.39 is 0 Å². The molecule has 1 spiro atoms. The topological polar surface area (TPSA) is 35.6 Å². The molecular formula is C16H25N3OS. The van der Waals surface area contributed by atoms with Gasteiger partial charge in [0, 0.05) is 17.5 Å². The minimum Gasteiger partial charge on any atom is -0.316 e. The largest absolute Gasteiger partial charge is 0.316 e. The molecule has 2 fully saturated rings. The van der Waals surface area contributed by atoms with Gasteiger partial charge in [-0.2, -0.15) is 0 Å². The zero-order chi connectivity index (χ0) is 15.0. The van der Waals surface area contributed by atoms with Gasteiger partial charge >= 0.3 is 0 Å². The van der Waals surface area contributed by atoms with Gasteiger partial charge < -0.3 is 9.80 Å². The highest BCUT2D eigenvalue weighted by molar-refractivity contribution is 7.10. The minimum atomic E-state index is -0.296. The Morgan fingerprint density at radius 3 is 2.76 bits per heavy atom. The molecule has 4 nitrogen and oxygen atoms in total. The van der Waals surface area contributed by atoms with Crippen molar-refractivity contribution in [3.63, 3.8) is 0 Å². The van der Waals surface area contributed by atoms with Gasteiger partial charge in [0.25, 0.3) is 0 Å². The number of carbonyl (C=O) groups excluding carboxylic acids is 1. The average molecular weight is 307 g/mol. The van der Waals surface area contributed by atoms with Crippen LogP contribution in [0.5, 0.6) is 0 Å². The van der Waals surface area contributed by atoms with E-state index in [4.69, 9.17) is 0 Å². The molecular weight excluding hydrogens is 282 g/mol. The molecule has 2 heterocycles. The molecule has 2 atom stereocenters. The summed E-state index contributed by atoms with van der Waals surface area (Å²) in [5, 5.41) is 5.78. The first-order chi connectivity index (χ1) is 10.0. The SMILES string of the molecule is CC(CN(C)C)N1C(=O)C2(CCCC2)NC1c1cccs1. The lowest BCUT2D eigenvalue weighted by Gasteiger charge is -2.31. The van der Waals surface area contributed by atoms with Crippen LogP contribution in [0, 0.1) is 0 Å². The molecule has 3 rings (SSSR count). The van der Waals surface area contributed by atoms with Gasteiger partial charge in [-0.15, -0.1) is 11.3 Å². The Morgan fingerprint density at radius 1 is 1.48 bits per heavy atom. The summed E-state index contributed by atoms with van der Waals surface area (Å²) in [5.41, 5.74) is -0.296. The lowest BCUT2D eigenvalue weighted by Crippen LogP contribution is -2.47. The predicted octanol–water partition coefficient (Wildman–Crippen LogP) is 2.44. The fourth-order valence-corrected chi connectivity index (χ4v) is 4.59. The fourth-order valence-electron chi connectivity index (χ4n) is 3.82. The van der Waals surface area contributed by atoms with E-state index in [1.807, 2.05) is 0 Å². The molecule has 1 amide bonds. The maximum absolute atomic E-state index is 13.1. The van der Waals surface area contributed by atoms with Crippen molar-refractivity contribution in [2.24, 2.45) is 0 Å². The second-order valence-electron chi connectivity index (χ2n) is 6.68. The molecule has 0 radical (unpaired) electrons. The third-order valence-corrected chi connectivity index (χ3v) is 5.63. The van der Waals surface area contributed by atoms with E-state index in [0.717, 1.165) is 32.2 Å². The Labute approximate surface area is 131 Å². The summed E-state index contributed by atoms with van der Waals surface area (Å²) in [6.07, 6.45) is 4.33. The number of hydrogen-bond acceptors (Lipinski definition) is 4. The van der Waals surface area contributed by atoms with Crippen LogP contribution < -0.4 is 5.32 Å². The maximum atomic E-state index is 13.1. The number of likely N-dealkylation sites (N-methyl/N-ethyl adjacent to an activating group) is 1. The summed E-state index contributed by atoms with van der Waals surface area (Å²) in [5.74, 6) is 0.313. The molecule has 5 heteroatoms. The van der Waals surface area contributed by atoms with E-state index in [9.17, 15) is 4.79 Å². The maximum Gasteiger partial charge on any atom is 0.244 e. The quantitative estimate of drug-likeness (QED) is 0.928. The van der Waals surface area contributed by atoms with Gasteiger partial charge in [-0.25, -0.2) is 0 Å².